The van der Waals surface area contributed by atoms with Crippen molar-refractivity contribution < 1.29 is 14.3 Å². The molecule has 0 saturated heterocycles. The number of ether oxygens (including phenoxy) is 1. The molecule has 17 heavy (non-hydrogen) atoms. The first-order valence-electron chi connectivity index (χ1n) is 5.19. The van der Waals surface area contributed by atoms with Gasteiger partial charge in [-0.25, -0.2) is 4.79 Å². The topological polar surface area (TPSA) is 43.4 Å². The summed E-state index contributed by atoms with van der Waals surface area (Å²) in [6.07, 6.45) is 2.57. The number of carbonyl (C=O) groups excluding carboxylic acids is 2. The van der Waals surface area contributed by atoms with Gasteiger partial charge in [0.25, 0.3) is 0 Å². The number of carbonyl (C=O) groups is 2. The Balaban J connectivity index is 2.97. The van der Waals surface area contributed by atoms with Gasteiger partial charge in [0.05, 0.1) is 16.0 Å². The molecule has 0 aromatic heterocycles. The van der Waals surface area contributed by atoms with E-state index >= 15 is 0 Å². The van der Waals surface area contributed by atoms with Crippen LogP contribution in [0.3, 0.4) is 0 Å². The molecule has 0 aliphatic heterocycles. The normalized spacial score (nSPS) is 21.0. The Labute approximate surface area is 110 Å². The van der Waals surface area contributed by atoms with Gasteiger partial charge in [0.1, 0.15) is 11.9 Å². The Hall–Kier alpha value is -0.800. The molecular weight excluding hydrogens is 263 g/mol. The lowest BCUT2D eigenvalue weighted by atomic mass is 9.99. The summed E-state index contributed by atoms with van der Waals surface area (Å²) in [6, 6.07) is 0. The largest absolute Gasteiger partial charge is 0.456 e. The molecule has 0 aromatic rings. The molecule has 0 heterocycles. The Kier molecular flexibility index (Phi) is 4.39. The summed E-state index contributed by atoms with van der Waals surface area (Å²) in [5, 5.41) is -0.397. The average molecular weight is 277 g/mol. The number of rotatable bonds is 2. The van der Waals surface area contributed by atoms with Crippen LogP contribution >= 0.6 is 23.2 Å². The Morgan fingerprint density at radius 1 is 1.53 bits per heavy atom. The maximum absolute atomic E-state index is 11.8. The van der Waals surface area contributed by atoms with Crippen molar-refractivity contribution in [2.75, 3.05) is 0 Å². The fraction of sp³-hybridized carbons (Fsp3) is 0.500. The minimum absolute atomic E-state index is 0.0838. The van der Waals surface area contributed by atoms with Gasteiger partial charge in [-0.2, -0.15) is 0 Å². The van der Waals surface area contributed by atoms with Crippen LogP contribution in [-0.2, 0) is 14.3 Å². The third kappa shape index (κ3) is 3.58. The van der Waals surface area contributed by atoms with Gasteiger partial charge < -0.3 is 4.74 Å². The average Bonchev–Trinajstić information content (AvgIpc) is 2.15. The first kappa shape index (κ1) is 14.3. The minimum atomic E-state index is -0.603. The number of esters is 1. The molecular formula is C12H14Cl2O3. The van der Waals surface area contributed by atoms with Crippen molar-refractivity contribution in [3.8, 4) is 0 Å². The van der Waals surface area contributed by atoms with E-state index in [9.17, 15) is 9.59 Å². The van der Waals surface area contributed by atoms with E-state index in [4.69, 9.17) is 27.9 Å². The van der Waals surface area contributed by atoms with Crippen molar-refractivity contribution in [1.82, 2.24) is 0 Å². The standard InChI is InChI=1S/C12H14Cl2O3/c1-12(2,3)17-11(16)7-4-5-9(13)8(6-15)10(7)14/h4,6,9H,5H2,1-3H3. The maximum atomic E-state index is 11.8. The van der Waals surface area contributed by atoms with Crippen LogP contribution in [0.2, 0.25) is 0 Å². The van der Waals surface area contributed by atoms with Crippen molar-refractivity contribution in [3.05, 3.63) is 22.3 Å². The van der Waals surface area contributed by atoms with Crippen molar-refractivity contribution in [1.29, 1.82) is 0 Å². The second kappa shape index (κ2) is 5.23. The Morgan fingerprint density at radius 3 is 2.59 bits per heavy atom. The third-order valence-corrected chi connectivity index (χ3v) is 2.94. The van der Waals surface area contributed by atoms with Crippen LogP contribution in [-0.4, -0.2) is 23.2 Å². The van der Waals surface area contributed by atoms with Gasteiger partial charge in [0.2, 0.25) is 0 Å². The zero-order chi connectivity index (χ0) is 13.2. The third-order valence-electron chi connectivity index (χ3n) is 2.10. The molecule has 1 aliphatic carbocycles. The van der Waals surface area contributed by atoms with E-state index in [1.54, 1.807) is 26.8 Å². The SMILES string of the molecule is CC(C)(C)OC(=O)C1=CCC(Cl)C(C=O)=C1Cl. The number of alkyl halides is 1. The molecule has 0 radical (unpaired) electrons. The Morgan fingerprint density at radius 2 is 2.12 bits per heavy atom. The van der Waals surface area contributed by atoms with Crippen molar-refractivity contribution in [2.24, 2.45) is 0 Å². The molecule has 0 N–H and O–H groups in total. The van der Waals surface area contributed by atoms with Crippen LogP contribution in [0.25, 0.3) is 0 Å². The molecule has 1 aliphatic rings. The molecule has 0 bridgehead atoms. The predicted octanol–water partition coefficient (Wildman–Crippen LogP) is 2.96. The summed E-state index contributed by atoms with van der Waals surface area (Å²) in [5.41, 5.74) is -0.161. The van der Waals surface area contributed by atoms with Gasteiger partial charge in [-0.3, -0.25) is 4.79 Å². The van der Waals surface area contributed by atoms with Crippen LogP contribution in [0.5, 0.6) is 0 Å². The molecule has 0 saturated carbocycles. The molecule has 94 valence electrons. The van der Waals surface area contributed by atoms with Gasteiger partial charge in [-0.05, 0) is 27.2 Å². The van der Waals surface area contributed by atoms with Crippen LogP contribution in [0.1, 0.15) is 27.2 Å². The summed E-state index contributed by atoms with van der Waals surface area (Å²) in [4.78, 5) is 22.7. The number of hydrogen-bond donors (Lipinski definition) is 0. The number of allylic oxidation sites excluding steroid dienone is 2. The van der Waals surface area contributed by atoms with Gasteiger partial charge in [-0.1, -0.05) is 17.7 Å². The molecule has 1 rings (SSSR count). The molecule has 0 aromatic carbocycles. The highest BCUT2D eigenvalue weighted by Gasteiger charge is 2.28. The quantitative estimate of drug-likeness (QED) is 0.443. The van der Waals surface area contributed by atoms with Gasteiger partial charge in [0.15, 0.2) is 0 Å². The lowest BCUT2D eigenvalue weighted by Gasteiger charge is -2.23. The van der Waals surface area contributed by atoms with E-state index in [2.05, 4.69) is 0 Å². The minimum Gasteiger partial charge on any atom is -0.456 e. The van der Waals surface area contributed by atoms with Crippen molar-refractivity contribution >= 4 is 35.5 Å². The Bertz CT molecular complexity index is 402. The van der Waals surface area contributed by atoms with E-state index in [-0.39, 0.29) is 16.2 Å². The molecule has 1 atom stereocenters. The van der Waals surface area contributed by atoms with E-state index in [1.807, 2.05) is 0 Å². The fourth-order valence-electron chi connectivity index (χ4n) is 1.36. The summed E-state index contributed by atoms with van der Waals surface area (Å²) in [7, 11) is 0. The molecule has 0 amide bonds. The number of aldehydes is 1. The van der Waals surface area contributed by atoms with E-state index < -0.39 is 16.9 Å². The van der Waals surface area contributed by atoms with Crippen LogP contribution in [0.15, 0.2) is 22.3 Å². The zero-order valence-corrected chi connectivity index (χ0v) is 11.4. The highest BCUT2D eigenvalue weighted by Crippen LogP contribution is 2.31. The fourth-order valence-corrected chi connectivity index (χ4v) is 2.00. The molecule has 0 spiro atoms. The van der Waals surface area contributed by atoms with Crippen LogP contribution in [0, 0.1) is 0 Å². The molecule has 0 fully saturated rings. The molecule has 5 heteroatoms. The second-order valence-electron chi connectivity index (χ2n) is 4.71. The number of hydrogen-bond acceptors (Lipinski definition) is 3. The predicted molar refractivity (Wildman–Crippen MR) is 67.1 cm³/mol. The summed E-state index contributed by atoms with van der Waals surface area (Å²) in [6.45, 7) is 5.28. The summed E-state index contributed by atoms with van der Waals surface area (Å²) in [5.74, 6) is -0.537. The van der Waals surface area contributed by atoms with Crippen LogP contribution in [0.4, 0.5) is 0 Å². The molecule has 1 unspecified atom stereocenters. The number of halogens is 2. The lowest BCUT2D eigenvalue weighted by Crippen LogP contribution is -2.26. The van der Waals surface area contributed by atoms with Crippen LogP contribution < -0.4 is 0 Å². The second-order valence-corrected chi connectivity index (χ2v) is 5.61. The molecule has 3 nitrogen and oxygen atoms in total. The maximum Gasteiger partial charge on any atom is 0.339 e. The summed E-state index contributed by atoms with van der Waals surface area (Å²) < 4.78 is 5.19. The van der Waals surface area contributed by atoms with E-state index in [1.165, 1.54) is 0 Å². The van der Waals surface area contributed by atoms with Crippen molar-refractivity contribution in [2.45, 2.75) is 38.2 Å². The highest BCUT2D eigenvalue weighted by atomic mass is 35.5. The van der Waals surface area contributed by atoms with Gasteiger partial charge >= 0.3 is 5.97 Å². The van der Waals surface area contributed by atoms with Crippen molar-refractivity contribution in [3.63, 3.8) is 0 Å². The lowest BCUT2D eigenvalue weighted by molar-refractivity contribution is -0.149. The van der Waals surface area contributed by atoms with E-state index in [0.717, 1.165) is 0 Å². The first-order chi connectivity index (χ1) is 7.76. The smallest absolute Gasteiger partial charge is 0.339 e. The monoisotopic (exact) mass is 276 g/mol. The highest BCUT2D eigenvalue weighted by molar-refractivity contribution is 6.38. The van der Waals surface area contributed by atoms with Gasteiger partial charge in [0, 0.05) is 5.57 Å². The van der Waals surface area contributed by atoms with Gasteiger partial charge in [-0.15, -0.1) is 11.6 Å². The first-order valence-corrected chi connectivity index (χ1v) is 6.00. The van der Waals surface area contributed by atoms with E-state index in [0.29, 0.717) is 12.7 Å². The zero-order valence-electron chi connectivity index (χ0n) is 9.92. The summed E-state index contributed by atoms with van der Waals surface area (Å²) >= 11 is 11.9.